The van der Waals surface area contributed by atoms with Crippen molar-refractivity contribution in [2.75, 3.05) is 0 Å². The molecule has 6 aromatic carbocycles. The number of hydrogen-bond donors (Lipinski definition) is 0. The van der Waals surface area contributed by atoms with Gasteiger partial charge in [0.1, 0.15) is 0 Å². The van der Waals surface area contributed by atoms with Crippen molar-refractivity contribution >= 4 is 90.5 Å². The van der Waals surface area contributed by atoms with E-state index in [1.54, 1.807) is 0 Å². The van der Waals surface area contributed by atoms with E-state index in [-0.39, 0.29) is 0 Å². The molecule has 0 aliphatic heterocycles. The number of para-hydroxylation sites is 2. The van der Waals surface area contributed by atoms with E-state index in [4.69, 9.17) is 4.98 Å². The van der Waals surface area contributed by atoms with Gasteiger partial charge in [-0.25, -0.2) is 4.98 Å². The Hall–Kier alpha value is -5.03. The lowest BCUT2D eigenvalue weighted by atomic mass is 9.99. The highest BCUT2D eigenvalue weighted by Crippen LogP contribution is 2.43. The minimum atomic E-state index is 1.02. The fraction of sp³-hybridized carbons (Fsp3) is 0. The number of fused-ring (bicyclic) bond motifs is 12. The number of thiophene rings is 2. The summed E-state index contributed by atoms with van der Waals surface area (Å²) in [5.74, 6) is 0. The third-order valence-electron chi connectivity index (χ3n) is 8.79. The molecule has 0 saturated heterocycles. The van der Waals surface area contributed by atoms with Crippen LogP contribution < -0.4 is 0 Å². The van der Waals surface area contributed by atoms with Gasteiger partial charge in [-0.3, -0.25) is 4.40 Å². The van der Waals surface area contributed by atoms with Crippen LogP contribution in [0.15, 0.2) is 133 Å². The van der Waals surface area contributed by atoms with E-state index in [1.807, 2.05) is 22.7 Å². The quantitative estimate of drug-likeness (QED) is 0.198. The van der Waals surface area contributed by atoms with Crippen LogP contribution in [0.3, 0.4) is 0 Å². The van der Waals surface area contributed by atoms with E-state index in [0.717, 1.165) is 22.4 Å². The second-order valence-corrected chi connectivity index (χ2v) is 13.3. The van der Waals surface area contributed by atoms with Crippen molar-refractivity contribution in [1.29, 1.82) is 0 Å². The van der Waals surface area contributed by atoms with Crippen LogP contribution in [0.5, 0.6) is 0 Å². The lowest BCUT2D eigenvalue weighted by molar-refractivity contribution is 1.25. The fourth-order valence-electron chi connectivity index (χ4n) is 6.77. The topological polar surface area (TPSA) is 17.3 Å². The van der Waals surface area contributed by atoms with Crippen LogP contribution in [-0.4, -0.2) is 9.38 Å². The molecule has 0 aliphatic rings. The molecule has 0 bridgehead atoms. The molecule has 4 aromatic heterocycles. The summed E-state index contributed by atoms with van der Waals surface area (Å²) >= 11 is 3.71. The number of imidazole rings is 1. The zero-order valence-electron chi connectivity index (χ0n) is 22.9. The Morgan fingerprint density at radius 1 is 0.488 bits per heavy atom. The Labute approximate surface area is 254 Å². The van der Waals surface area contributed by atoms with Crippen LogP contribution in [0, 0.1) is 0 Å². The van der Waals surface area contributed by atoms with Gasteiger partial charge in [0.2, 0.25) is 0 Å². The number of nitrogens with zero attached hydrogens (tertiary/aromatic N) is 2. The first-order valence-electron chi connectivity index (χ1n) is 14.5. The molecule has 0 N–H and O–H groups in total. The molecule has 0 aliphatic carbocycles. The molecule has 200 valence electrons. The fourth-order valence-corrected chi connectivity index (χ4v) is 9.04. The molecule has 43 heavy (non-hydrogen) atoms. The molecule has 10 aromatic rings. The van der Waals surface area contributed by atoms with Crippen LogP contribution in [0.1, 0.15) is 0 Å². The maximum Gasteiger partial charge on any atom is 0.156 e. The highest BCUT2D eigenvalue weighted by Gasteiger charge is 2.19. The second kappa shape index (κ2) is 8.74. The molecule has 0 unspecified atom stereocenters. The van der Waals surface area contributed by atoms with Gasteiger partial charge in [-0.05, 0) is 69.9 Å². The first-order chi connectivity index (χ1) is 21.3. The Balaban J connectivity index is 1.22. The van der Waals surface area contributed by atoms with Crippen LogP contribution in [0.2, 0.25) is 0 Å². The van der Waals surface area contributed by atoms with Gasteiger partial charge in [0.15, 0.2) is 5.65 Å². The molecular weight excluding hydrogens is 561 g/mol. The first-order valence-corrected chi connectivity index (χ1v) is 16.1. The minimum Gasteiger partial charge on any atom is -0.291 e. The third kappa shape index (κ3) is 3.36. The Morgan fingerprint density at radius 3 is 2.14 bits per heavy atom. The smallest absolute Gasteiger partial charge is 0.156 e. The third-order valence-corrected chi connectivity index (χ3v) is 11.1. The summed E-state index contributed by atoms with van der Waals surface area (Å²) < 4.78 is 7.56. The summed E-state index contributed by atoms with van der Waals surface area (Å²) in [6, 6.07) is 48.7. The number of rotatable bonds is 2. The summed E-state index contributed by atoms with van der Waals surface area (Å²) in [7, 11) is 0. The van der Waals surface area contributed by atoms with Gasteiger partial charge in [-0.2, -0.15) is 0 Å². The Morgan fingerprint density at radius 2 is 1.21 bits per heavy atom. The summed E-state index contributed by atoms with van der Waals surface area (Å²) in [6.45, 7) is 0. The summed E-state index contributed by atoms with van der Waals surface area (Å²) in [5, 5.41) is 7.82. The lowest BCUT2D eigenvalue weighted by Crippen LogP contribution is -1.93. The van der Waals surface area contributed by atoms with E-state index in [2.05, 4.69) is 138 Å². The zero-order chi connectivity index (χ0) is 28.1. The van der Waals surface area contributed by atoms with Crippen molar-refractivity contribution in [3.05, 3.63) is 133 Å². The number of benzene rings is 6. The highest BCUT2D eigenvalue weighted by atomic mass is 32.1. The second-order valence-electron chi connectivity index (χ2n) is 11.2. The van der Waals surface area contributed by atoms with Gasteiger partial charge in [0.05, 0.1) is 21.4 Å². The minimum absolute atomic E-state index is 1.02. The molecule has 2 nitrogen and oxygen atoms in total. The van der Waals surface area contributed by atoms with Gasteiger partial charge < -0.3 is 0 Å². The standard InChI is InChI=1S/C39H22N2S2/c1-2-8-27-24(7-1)17-20-36-37(27)30-22-33(41-32-11-5-4-10-31(32)40-39(41)38(30)43-36)25-15-13-23(14-16-25)26-18-19-35-29(21-26)28-9-3-6-12-34(28)42-35/h1-22H. The summed E-state index contributed by atoms with van der Waals surface area (Å²) in [6.07, 6.45) is 0. The van der Waals surface area contributed by atoms with Crippen molar-refractivity contribution in [3.8, 4) is 22.4 Å². The predicted molar refractivity (Wildman–Crippen MR) is 187 cm³/mol. The zero-order valence-corrected chi connectivity index (χ0v) is 24.5. The van der Waals surface area contributed by atoms with Crippen LogP contribution in [-0.2, 0) is 0 Å². The Bertz CT molecular complexity index is 2720. The van der Waals surface area contributed by atoms with E-state index < -0.39 is 0 Å². The molecule has 0 atom stereocenters. The molecule has 0 fully saturated rings. The molecule has 0 amide bonds. The SMILES string of the molecule is c1ccc2c(c1)ccc1sc3c(cc(-c4ccc(-c5ccc6sc7ccccc7c6c5)cc4)n4c5ccccc5nc34)c12. The van der Waals surface area contributed by atoms with E-state index in [9.17, 15) is 0 Å². The lowest BCUT2D eigenvalue weighted by Gasteiger charge is -2.10. The molecule has 10 rings (SSSR count). The maximum atomic E-state index is 5.19. The summed E-state index contributed by atoms with van der Waals surface area (Å²) in [5.41, 5.74) is 7.99. The van der Waals surface area contributed by atoms with Crippen molar-refractivity contribution in [2.24, 2.45) is 0 Å². The van der Waals surface area contributed by atoms with Crippen LogP contribution >= 0.6 is 22.7 Å². The molecule has 4 heterocycles. The van der Waals surface area contributed by atoms with Gasteiger partial charge in [-0.15, -0.1) is 22.7 Å². The Kier molecular flexibility index (Phi) is 4.78. The number of pyridine rings is 1. The van der Waals surface area contributed by atoms with E-state index >= 15 is 0 Å². The largest absolute Gasteiger partial charge is 0.291 e. The van der Waals surface area contributed by atoms with Crippen molar-refractivity contribution in [1.82, 2.24) is 9.38 Å². The van der Waals surface area contributed by atoms with Gasteiger partial charge >= 0.3 is 0 Å². The first kappa shape index (κ1) is 23.5. The van der Waals surface area contributed by atoms with Crippen molar-refractivity contribution in [3.63, 3.8) is 0 Å². The average molecular weight is 583 g/mol. The van der Waals surface area contributed by atoms with Crippen molar-refractivity contribution < 1.29 is 0 Å². The molecule has 0 spiro atoms. The summed E-state index contributed by atoms with van der Waals surface area (Å²) in [4.78, 5) is 5.19. The van der Waals surface area contributed by atoms with Gasteiger partial charge in [-0.1, -0.05) is 91.0 Å². The average Bonchev–Trinajstić information content (AvgIpc) is 3.75. The van der Waals surface area contributed by atoms with Gasteiger partial charge in [0, 0.05) is 35.6 Å². The van der Waals surface area contributed by atoms with E-state index in [1.165, 1.54) is 67.8 Å². The molecular formula is C39H22N2S2. The highest BCUT2D eigenvalue weighted by molar-refractivity contribution is 7.26. The normalized spacial score (nSPS) is 12.2. The molecule has 0 radical (unpaired) electrons. The molecule has 0 saturated carbocycles. The predicted octanol–water partition coefficient (Wildman–Crippen LogP) is 11.7. The number of hydrogen-bond acceptors (Lipinski definition) is 3. The van der Waals surface area contributed by atoms with Gasteiger partial charge in [0.25, 0.3) is 0 Å². The maximum absolute atomic E-state index is 5.19. The number of aromatic nitrogens is 2. The van der Waals surface area contributed by atoms with Crippen LogP contribution in [0.25, 0.3) is 90.2 Å². The van der Waals surface area contributed by atoms with E-state index in [0.29, 0.717) is 0 Å². The van der Waals surface area contributed by atoms with Crippen molar-refractivity contribution in [2.45, 2.75) is 0 Å². The monoisotopic (exact) mass is 582 g/mol. The molecule has 4 heteroatoms. The van der Waals surface area contributed by atoms with Crippen LogP contribution in [0.4, 0.5) is 0 Å².